The molecule has 6 unspecified atom stereocenters. The van der Waals surface area contributed by atoms with Crippen molar-refractivity contribution in [2.24, 2.45) is 46.3 Å². The predicted octanol–water partition coefficient (Wildman–Crippen LogP) is 16.3. The lowest BCUT2D eigenvalue weighted by Crippen LogP contribution is -3.00. The van der Waals surface area contributed by atoms with Crippen LogP contribution in [-0.4, -0.2) is 142 Å². The molecule has 8 saturated carbocycles. The number of aliphatic hydroxyl groups excluding tert-OH is 2. The van der Waals surface area contributed by atoms with Crippen molar-refractivity contribution in [2.45, 2.75) is 203 Å². The van der Waals surface area contributed by atoms with Crippen LogP contribution in [0.15, 0.2) is 279 Å². The lowest BCUT2D eigenvalue weighted by atomic mass is 9.51. The minimum absolute atomic E-state index is 0. The number of nitrogens with one attached hydrogen (secondary N) is 1. The van der Waals surface area contributed by atoms with Gasteiger partial charge in [-0.1, -0.05) is 157 Å². The molecule has 8 aliphatic carbocycles. The summed E-state index contributed by atoms with van der Waals surface area (Å²) in [5, 5.41) is 19.1. The van der Waals surface area contributed by atoms with Gasteiger partial charge in [-0.25, -0.2) is 14.6 Å². The van der Waals surface area contributed by atoms with E-state index >= 15 is 0 Å². The molecular weight excluding hydrogens is 1690 g/mol. The number of halogens is 5. The highest BCUT2D eigenvalue weighted by Gasteiger charge is 2.69. The highest BCUT2D eigenvalue weighted by molar-refractivity contribution is 7.97. The molecule has 3 heterocycles. The van der Waals surface area contributed by atoms with Crippen molar-refractivity contribution in [3.8, 4) is 0 Å². The minimum Gasteiger partial charge on any atom is -1.00 e. The minimum atomic E-state index is -3.50. The van der Waals surface area contributed by atoms with E-state index in [9.17, 15) is 37.4 Å². The second-order valence-corrected chi connectivity index (χ2v) is 36.6. The standard InChI is InChI=1S/C26H42F2O8.C18H26F2O6.2C18H15S.C8H10.C5H5N.C4H8O.HI/c1-6-30-17(3)32-13-24(14-33-18(4)31-7-2)15-34-26(35-16-24)20-8-19-9-21(26)12-25(10-19,11-20)36-22(29)23(5,27)28;1-15(19,20)14(23)26-17-4-11-2-12(5-17)18(13(3-11)6-17)24-9-16(7-21,8-22)10-25-18;2*1-4-10-16(11-5-1)19(17-12-6-2-7-13-17)18-14-8-3-9-15-18;1-7-3-5-8(2)6-4-7;1-2-4-6-5-3-1;1-3-5-4-2;/h17-21H,6-16H2,1-5H3;11-13,21-22H,2-10H2,1H3;2*1-15H;3-6H,1-2H3;1-5H;3H,1,4H2,2H3;1H/q;;2*+1;;;;. The Bertz CT molecular complexity index is 3870. The molecule has 8 bridgehead atoms. The Balaban J connectivity index is 0.000000172. The first-order valence-corrected chi connectivity index (χ1v) is 44.1. The first-order chi connectivity index (χ1) is 57.2. The van der Waals surface area contributed by atoms with Crippen molar-refractivity contribution < 1.29 is 118 Å². The van der Waals surface area contributed by atoms with Gasteiger partial charge in [-0.2, -0.15) is 17.6 Å². The average Bonchev–Trinajstić information content (AvgIpc) is 0.706. The molecule has 16 nitrogen and oxygen atoms in total. The van der Waals surface area contributed by atoms with Gasteiger partial charge in [0.25, 0.3) is 0 Å². The van der Waals surface area contributed by atoms with Crippen LogP contribution in [0.1, 0.15) is 124 Å². The van der Waals surface area contributed by atoms with Gasteiger partial charge in [0.2, 0.25) is 0 Å². The number of pyridine rings is 1. The van der Waals surface area contributed by atoms with E-state index in [2.05, 4.69) is 236 Å². The molecule has 8 aromatic rings. The largest absolute Gasteiger partial charge is 1.00 e. The summed E-state index contributed by atoms with van der Waals surface area (Å²) in [6.45, 7) is 21.2. The van der Waals surface area contributed by atoms with Crippen LogP contribution in [0.5, 0.6) is 0 Å². The van der Waals surface area contributed by atoms with E-state index in [1.807, 2.05) is 65.2 Å². The van der Waals surface area contributed by atoms with Gasteiger partial charge in [0, 0.05) is 62.9 Å². The van der Waals surface area contributed by atoms with Crippen LogP contribution in [0, 0.1) is 60.2 Å². The number of esters is 2. The molecule has 10 fully saturated rings. The van der Waals surface area contributed by atoms with Crippen molar-refractivity contribution in [2.75, 3.05) is 72.7 Å². The number of alkyl halides is 4. The number of benzene rings is 7. The van der Waals surface area contributed by atoms with Crippen LogP contribution in [0.25, 0.3) is 0 Å². The van der Waals surface area contributed by atoms with E-state index in [0.29, 0.717) is 104 Å². The Morgan fingerprint density at radius 3 is 0.942 bits per heavy atom. The summed E-state index contributed by atoms with van der Waals surface area (Å²) in [5.74, 6) is -11.0. The van der Waals surface area contributed by atoms with Crippen LogP contribution >= 0.6 is 0 Å². The predicted molar refractivity (Wildman–Crippen MR) is 452 cm³/mol. The Labute approximate surface area is 730 Å². The van der Waals surface area contributed by atoms with Gasteiger partial charge in [-0.15, -0.1) is 0 Å². The van der Waals surface area contributed by atoms with Crippen LogP contribution in [0.3, 0.4) is 0 Å². The first-order valence-electron chi connectivity index (χ1n) is 41.6. The Morgan fingerprint density at radius 2 is 0.725 bits per heavy atom. The fourth-order valence-electron chi connectivity index (χ4n) is 17.6. The molecule has 0 radical (unpaired) electrons. The number of ether oxygens (including phenoxy) is 11. The maximum Gasteiger partial charge on any atom is 0.377 e. The van der Waals surface area contributed by atoms with E-state index in [1.54, 1.807) is 0 Å². The summed E-state index contributed by atoms with van der Waals surface area (Å²) in [7, 11) is -0.0293. The van der Waals surface area contributed by atoms with Gasteiger partial charge >= 0.3 is 23.8 Å². The smallest absolute Gasteiger partial charge is 0.377 e. The number of carbonyl (C=O) groups is 2. The zero-order valence-electron chi connectivity index (χ0n) is 70.7. The van der Waals surface area contributed by atoms with Gasteiger partial charge in [0.1, 0.15) is 11.2 Å². The van der Waals surface area contributed by atoms with Crippen LogP contribution in [0.4, 0.5) is 17.6 Å². The fourth-order valence-corrected chi connectivity index (χ4v) is 21.8. The van der Waals surface area contributed by atoms with Crippen molar-refractivity contribution in [3.05, 3.63) is 261 Å². The molecule has 6 atom stereocenters. The average molecular weight is 1810 g/mol. The first kappa shape index (κ1) is 96.7. The second-order valence-electron chi connectivity index (χ2n) is 32.5. The molecule has 1 aromatic heterocycles. The van der Waals surface area contributed by atoms with E-state index in [-0.39, 0.29) is 108 Å². The molecule has 2 spiro atoms. The van der Waals surface area contributed by atoms with Crippen molar-refractivity contribution in [1.82, 2.24) is 0 Å². The number of hydrogen-bond acceptors (Lipinski definition) is 15. The van der Waals surface area contributed by atoms with Gasteiger partial charge in [0.15, 0.2) is 65.9 Å². The summed E-state index contributed by atoms with van der Waals surface area (Å²) in [4.78, 5) is 34.9. The molecule has 23 heteroatoms. The third-order valence-electron chi connectivity index (χ3n) is 23.0. The monoisotopic (exact) mass is 1810 g/mol. The molecule has 18 rings (SSSR count). The van der Waals surface area contributed by atoms with Gasteiger partial charge < -0.3 is 86.3 Å². The molecule has 7 aromatic carbocycles. The lowest BCUT2D eigenvalue weighted by Gasteiger charge is -2.65. The van der Waals surface area contributed by atoms with Crippen molar-refractivity contribution in [1.29, 1.82) is 0 Å². The molecule has 10 aliphatic rings. The number of H-pyrrole nitrogens is 1. The number of carbonyl (C=O) groups excluding carboxylic acids is 2. The zero-order valence-corrected chi connectivity index (χ0v) is 74.5. The Morgan fingerprint density at radius 1 is 0.450 bits per heavy atom. The van der Waals surface area contributed by atoms with Crippen LogP contribution < -0.4 is 29.0 Å². The van der Waals surface area contributed by atoms with Gasteiger partial charge in [-0.3, -0.25) is 0 Å². The quantitative estimate of drug-likeness (QED) is 0.0145. The summed E-state index contributed by atoms with van der Waals surface area (Å²) in [6.07, 6.45) is 11.0. The number of aromatic amines is 1. The summed E-state index contributed by atoms with van der Waals surface area (Å²) < 4.78 is 118. The Hall–Kier alpha value is -7.08. The highest BCUT2D eigenvalue weighted by atomic mass is 127. The molecule has 2 aliphatic heterocycles. The van der Waals surface area contributed by atoms with Crippen LogP contribution in [0.2, 0.25) is 0 Å². The van der Waals surface area contributed by atoms with E-state index in [0.717, 1.165) is 32.3 Å². The third kappa shape index (κ3) is 26.0. The SMILES string of the molecule is C=COCC.CC(F)(F)C(=O)OC12CC3CC(C1)C1(OCC(CO)(CO)CO1)C(C3)C2.CCOC(C)OCC1(COC(C)OCC)COC2(OC1)C1CC3CC2CC(OC(=O)C(C)(F)F)(C3)C1.Cc1ccc(C)cc1.[I-].c1cc[nH+]cc1.c1ccc([S+](c2ccccc2)c2ccccc2)cc1.c1ccc([S+](c2ccccc2)c2ccccc2)cc1. The maximum atomic E-state index is 13.6. The molecule has 2 saturated heterocycles. The van der Waals surface area contributed by atoms with Gasteiger partial charge in [-0.05, 0) is 197 Å². The summed E-state index contributed by atoms with van der Waals surface area (Å²) in [6, 6.07) is 78.6. The van der Waals surface area contributed by atoms with Gasteiger partial charge in [0.05, 0.1) is 98.3 Å². The number of aryl methyl sites for hydroxylation is 2. The zero-order chi connectivity index (χ0) is 85.2. The summed E-state index contributed by atoms with van der Waals surface area (Å²) >= 11 is 0. The molecule has 0 amide bonds. The molecular formula is C97H122F4INO15S2+2. The normalized spacial score (nSPS) is 25.1. The van der Waals surface area contributed by atoms with Crippen LogP contribution in [-0.2, 0) is 83.5 Å². The topological polar surface area (TPSA) is 190 Å². The number of hydrogen-bond donors (Lipinski definition) is 2. The third-order valence-corrected chi connectivity index (χ3v) is 27.5. The summed E-state index contributed by atoms with van der Waals surface area (Å²) in [5.41, 5.74) is -0.412. The highest BCUT2D eigenvalue weighted by Crippen LogP contribution is 2.66. The van der Waals surface area contributed by atoms with E-state index in [4.69, 9.17) is 47.4 Å². The second kappa shape index (κ2) is 45.5. The number of aliphatic hydroxyl groups is 2. The molecule has 120 heavy (non-hydrogen) atoms. The Kier molecular flexibility index (Phi) is 36.7. The lowest BCUT2D eigenvalue weighted by molar-refractivity contribution is -0.401. The number of rotatable bonds is 24. The van der Waals surface area contributed by atoms with E-state index < -0.39 is 57.4 Å². The van der Waals surface area contributed by atoms with Crippen molar-refractivity contribution >= 4 is 33.7 Å². The maximum absolute atomic E-state index is 13.6. The fraction of sp³-hybridized carbons (Fsp3) is 0.474. The van der Waals surface area contributed by atoms with Crippen molar-refractivity contribution in [3.63, 3.8) is 0 Å². The van der Waals surface area contributed by atoms with E-state index in [1.165, 1.54) is 46.8 Å². The molecule has 650 valence electrons. The molecule has 3 N–H and O–H groups in total. The number of aromatic nitrogens is 1.